The van der Waals surface area contributed by atoms with Crippen LogP contribution in [0.5, 0.6) is 0 Å². The number of fused-ring (bicyclic) bond motifs is 1. The first-order valence-electron chi connectivity index (χ1n) is 11.5. The Kier molecular flexibility index (Phi) is 6.28. The van der Waals surface area contributed by atoms with Gasteiger partial charge in [0.15, 0.2) is 11.0 Å². The van der Waals surface area contributed by atoms with Gasteiger partial charge in [-0.3, -0.25) is 14.3 Å². The minimum absolute atomic E-state index is 0.125. The average molecular weight is 448 g/mol. The van der Waals surface area contributed by atoms with E-state index >= 15 is 0 Å². The topological polar surface area (TPSA) is 54.3 Å². The van der Waals surface area contributed by atoms with Crippen LogP contribution in [-0.4, -0.2) is 50.5 Å². The zero-order valence-electron chi connectivity index (χ0n) is 18.5. The van der Waals surface area contributed by atoms with Crippen molar-refractivity contribution in [1.29, 1.82) is 0 Å². The number of para-hydroxylation sites is 2. The summed E-state index contributed by atoms with van der Waals surface area (Å²) in [5.74, 6) is 1.06. The number of likely N-dealkylation sites (tertiary alicyclic amines) is 1. The average Bonchev–Trinajstić information content (AvgIpc) is 3.44. The third-order valence-electron chi connectivity index (χ3n) is 6.31. The Morgan fingerprint density at radius 1 is 0.969 bits per heavy atom. The SMILES string of the molecule is CC(Sc1nnc(CN2CCCCC2)n1-c1ccccc1)C(=O)N1CCc2ccccc21. The number of piperidine rings is 1. The number of thioether (sulfide) groups is 1. The molecule has 5 rings (SSSR count). The van der Waals surface area contributed by atoms with Gasteiger partial charge in [-0.25, -0.2) is 0 Å². The third-order valence-corrected chi connectivity index (χ3v) is 7.34. The van der Waals surface area contributed by atoms with Crippen molar-refractivity contribution in [1.82, 2.24) is 19.7 Å². The second-order valence-electron chi connectivity index (χ2n) is 8.54. The molecule has 1 atom stereocenters. The highest BCUT2D eigenvalue weighted by atomic mass is 32.2. The van der Waals surface area contributed by atoms with Gasteiger partial charge >= 0.3 is 0 Å². The number of hydrogen-bond acceptors (Lipinski definition) is 5. The summed E-state index contributed by atoms with van der Waals surface area (Å²) in [6.07, 6.45) is 4.70. The summed E-state index contributed by atoms with van der Waals surface area (Å²) < 4.78 is 2.13. The smallest absolute Gasteiger partial charge is 0.240 e. The lowest BCUT2D eigenvalue weighted by Gasteiger charge is -2.26. The maximum atomic E-state index is 13.3. The van der Waals surface area contributed by atoms with E-state index in [0.717, 1.165) is 55.0 Å². The van der Waals surface area contributed by atoms with Crippen molar-refractivity contribution in [2.75, 3.05) is 24.5 Å². The van der Waals surface area contributed by atoms with Gasteiger partial charge in [0, 0.05) is 17.9 Å². The number of rotatable bonds is 6. The molecule has 1 saturated heterocycles. The van der Waals surface area contributed by atoms with Crippen molar-refractivity contribution < 1.29 is 4.79 Å². The molecule has 1 aromatic heterocycles. The van der Waals surface area contributed by atoms with Crippen LogP contribution in [-0.2, 0) is 17.8 Å². The summed E-state index contributed by atoms with van der Waals surface area (Å²) >= 11 is 1.50. The summed E-state index contributed by atoms with van der Waals surface area (Å²) in [4.78, 5) is 17.7. The summed E-state index contributed by atoms with van der Waals surface area (Å²) in [6, 6.07) is 18.4. The quantitative estimate of drug-likeness (QED) is 0.527. The van der Waals surface area contributed by atoms with E-state index in [2.05, 4.69) is 37.9 Å². The van der Waals surface area contributed by atoms with Crippen LogP contribution in [0.4, 0.5) is 5.69 Å². The van der Waals surface area contributed by atoms with E-state index in [9.17, 15) is 4.79 Å². The summed E-state index contributed by atoms with van der Waals surface area (Å²) in [7, 11) is 0. The molecule has 1 amide bonds. The standard InChI is InChI=1S/C25H29N5OS/c1-19(24(31)29-17-14-20-10-6-7-13-22(20)29)32-25-27-26-23(18-28-15-8-3-9-16-28)30(25)21-11-4-2-5-12-21/h2,4-7,10-13,19H,3,8-9,14-18H2,1H3. The van der Waals surface area contributed by atoms with Crippen LogP contribution < -0.4 is 4.90 Å². The molecule has 32 heavy (non-hydrogen) atoms. The molecule has 6 nitrogen and oxygen atoms in total. The minimum atomic E-state index is -0.254. The maximum absolute atomic E-state index is 13.3. The van der Waals surface area contributed by atoms with E-state index in [1.54, 1.807) is 0 Å². The first kappa shape index (κ1) is 21.2. The van der Waals surface area contributed by atoms with Gasteiger partial charge in [-0.15, -0.1) is 10.2 Å². The Balaban J connectivity index is 1.39. The fourth-order valence-corrected chi connectivity index (χ4v) is 5.58. The molecular weight excluding hydrogens is 418 g/mol. The Morgan fingerprint density at radius 2 is 1.72 bits per heavy atom. The van der Waals surface area contributed by atoms with E-state index < -0.39 is 0 Å². The molecule has 166 valence electrons. The van der Waals surface area contributed by atoms with Crippen LogP contribution in [0.2, 0.25) is 0 Å². The second kappa shape index (κ2) is 9.46. The minimum Gasteiger partial charge on any atom is -0.311 e. The number of benzene rings is 2. The normalized spacial score (nSPS) is 17.3. The lowest BCUT2D eigenvalue weighted by atomic mass is 10.1. The summed E-state index contributed by atoms with van der Waals surface area (Å²) in [5, 5.41) is 9.61. The van der Waals surface area contributed by atoms with Crippen molar-refractivity contribution in [3.63, 3.8) is 0 Å². The Labute approximate surface area is 193 Å². The number of nitrogens with zero attached hydrogens (tertiary/aromatic N) is 5. The van der Waals surface area contributed by atoms with Gasteiger partial charge in [0.05, 0.1) is 11.8 Å². The lowest BCUT2D eigenvalue weighted by Crippen LogP contribution is -2.35. The maximum Gasteiger partial charge on any atom is 0.240 e. The van der Waals surface area contributed by atoms with Crippen LogP contribution in [0.1, 0.15) is 37.6 Å². The van der Waals surface area contributed by atoms with E-state index in [4.69, 9.17) is 0 Å². The highest BCUT2D eigenvalue weighted by Crippen LogP contribution is 2.32. The molecule has 2 aromatic carbocycles. The molecule has 0 radical (unpaired) electrons. The predicted octanol–water partition coefficient (Wildman–Crippen LogP) is 4.32. The van der Waals surface area contributed by atoms with Gasteiger partial charge in [0.25, 0.3) is 0 Å². The third kappa shape index (κ3) is 4.32. The molecule has 0 aliphatic carbocycles. The number of carbonyl (C=O) groups excluding carboxylic acids is 1. The highest BCUT2D eigenvalue weighted by molar-refractivity contribution is 8.00. The first-order chi connectivity index (χ1) is 15.7. The molecule has 1 fully saturated rings. The fraction of sp³-hybridized carbons (Fsp3) is 0.400. The molecule has 3 heterocycles. The fourth-order valence-electron chi connectivity index (χ4n) is 4.63. The zero-order chi connectivity index (χ0) is 21.9. The second-order valence-corrected chi connectivity index (χ2v) is 9.84. The van der Waals surface area contributed by atoms with Crippen LogP contribution in [0.15, 0.2) is 59.8 Å². The number of carbonyl (C=O) groups is 1. The first-order valence-corrected chi connectivity index (χ1v) is 12.4. The molecule has 2 aliphatic heterocycles. The van der Waals surface area contributed by atoms with Crippen molar-refractivity contribution in [2.24, 2.45) is 0 Å². The van der Waals surface area contributed by atoms with Gasteiger partial charge in [-0.1, -0.05) is 54.6 Å². The van der Waals surface area contributed by atoms with Gasteiger partial charge in [0.2, 0.25) is 5.91 Å². The largest absolute Gasteiger partial charge is 0.311 e. The van der Waals surface area contributed by atoms with Crippen LogP contribution in [0.25, 0.3) is 5.69 Å². The lowest BCUT2D eigenvalue weighted by molar-refractivity contribution is -0.117. The van der Waals surface area contributed by atoms with Crippen molar-refractivity contribution in [3.8, 4) is 5.69 Å². The predicted molar refractivity (Wildman–Crippen MR) is 128 cm³/mol. The number of anilines is 1. The van der Waals surface area contributed by atoms with Crippen molar-refractivity contribution >= 4 is 23.4 Å². The Hall–Kier alpha value is -2.64. The Morgan fingerprint density at radius 3 is 2.53 bits per heavy atom. The number of aromatic nitrogens is 3. The molecular formula is C25H29N5OS. The molecule has 1 unspecified atom stereocenters. The van der Waals surface area contributed by atoms with Crippen LogP contribution in [0.3, 0.4) is 0 Å². The van der Waals surface area contributed by atoms with E-state index in [1.165, 1.54) is 36.6 Å². The highest BCUT2D eigenvalue weighted by Gasteiger charge is 2.30. The monoisotopic (exact) mass is 447 g/mol. The van der Waals surface area contributed by atoms with E-state index in [1.807, 2.05) is 48.2 Å². The molecule has 0 saturated carbocycles. The van der Waals surface area contributed by atoms with Crippen LogP contribution >= 0.6 is 11.8 Å². The molecule has 0 N–H and O–H groups in total. The zero-order valence-corrected chi connectivity index (χ0v) is 19.3. The summed E-state index contributed by atoms with van der Waals surface area (Å²) in [6.45, 7) is 5.71. The number of hydrogen-bond donors (Lipinski definition) is 0. The van der Waals surface area contributed by atoms with Gasteiger partial charge in [-0.2, -0.15) is 0 Å². The van der Waals surface area contributed by atoms with E-state index in [-0.39, 0.29) is 11.2 Å². The molecule has 7 heteroatoms. The van der Waals surface area contributed by atoms with Gasteiger partial charge in [-0.05, 0) is 63.0 Å². The van der Waals surface area contributed by atoms with Crippen molar-refractivity contribution in [2.45, 2.75) is 49.6 Å². The molecule has 2 aliphatic rings. The van der Waals surface area contributed by atoms with Gasteiger partial charge < -0.3 is 4.90 Å². The molecule has 3 aromatic rings. The Bertz CT molecular complexity index is 1080. The molecule has 0 bridgehead atoms. The van der Waals surface area contributed by atoms with Crippen molar-refractivity contribution in [3.05, 3.63) is 66.0 Å². The molecule has 0 spiro atoms. The summed E-state index contributed by atoms with van der Waals surface area (Å²) in [5.41, 5.74) is 3.33. The van der Waals surface area contributed by atoms with Gasteiger partial charge in [0.1, 0.15) is 0 Å². The van der Waals surface area contributed by atoms with E-state index in [0.29, 0.717) is 0 Å². The van der Waals surface area contributed by atoms with Crippen LogP contribution in [0, 0.1) is 0 Å². The number of amides is 1.